The minimum Gasteiger partial charge on any atom is -0.348 e. The zero-order chi connectivity index (χ0) is 17.5. The number of nitrogens with zero attached hydrogens (tertiary/aromatic N) is 1. The van der Waals surface area contributed by atoms with Crippen LogP contribution >= 0.6 is 0 Å². The lowest BCUT2D eigenvalue weighted by molar-refractivity contribution is 0.571. The second kappa shape index (κ2) is 8.27. The van der Waals surface area contributed by atoms with E-state index in [1.807, 2.05) is 36.5 Å². The Bertz CT molecular complexity index is 905. The normalized spacial score (nSPS) is 11.8. The van der Waals surface area contributed by atoms with E-state index in [1.54, 1.807) is 18.5 Å². The van der Waals surface area contributed by atoms with Crippen LogP contribution in [0.25, 0.3) is 10.8 Å². The van der Waals surface area contributed by atoms with Gasteiger partial charge in [0.25, 0.3) is 0 Å². The van der Waals surface area contributed by atoms with E-state index in [9.17, 15) is 8.42 Å². The van der Waals surface area contributed by atoms with Crippen molar-refractivity contribution in [2.75, 3.05) is 6.54 Å². The Hall–Kier alpha value is -2.18. The fraction of sp³-hybridized carbons (Fsp3) is 0.316. The van der Waals surface area contributed by atoms with Crippen LogP contribution in [0.1, 0.15) is 31.4 Å². The number of rotatable bonds is 9. The van der Waals surface area contributed by atoms with E-state index in [0.717, 1.165) is 48.6 Å². The molecule has 6 heteroatoms. The number of aromatic amines is 1. The van der Waals surface area contributed by atoms with Crippen LogP contribution in [0.2, 0.25) is 0 Å². The Balaban J connectivity index is 1.43. The number of unbranched alkanes of at least 4 members (excludes halogenated alkanes) is 3. The molecule has 0 aliphatic rings. The van der Waals surface area contributed by atoms with Crippen molar-refractivity contribution in [2.45, 2.75) is 37.0 Å². The van der Waals surface area contributed by atoms with Crippen molar-refractivity contribution in [2.24, 2.45) is 0 Å². The van der Waals surface area contributed by atoms with Crippen LogP contribution in [0.4, 0.5) is 0 Å². The lowest BCUT2D eigenvalue weighted by atomic mass is 10.1. The van der Waals surface area contributed by atoms with Gasteiger partial charge in [0.05, 0.1) is 11.2 Å². The van der Waals surface area contributed by atoms with E-state index in [4.69, 9.17) is 0 Å². The molecule has 0 aliphatic carbocycles. The first-order valence-corrected chi connectivity index (χ1v) is 10.1. The number of fused-ring (bicyclic) bond motifs is 1. The van der Waals surface area contributed by atoms with Gasteiger partial charge >= 0.3 is 0 Å². The molecular weight excluding hydrogens is 334 g/mol. The highest BCUT2D eigenvalue weighted by atomic mass is 32.2. The van der Waals surface area contributed by atoms with Crippen molar-refractivity contribution in [3.8, 4) is 0 Å². The maximum Gasteiger partial charge on any atom is 0.240 e. The summed E-state index contributed by atoms with van der Waals surface area (Å²) in [5, 5.41) is 1.97. The monoisotopic (exact) mass is 357 g/mol. The number of H-pyrrole nitrogens is 1. The topological polar surface area (TPSA) is 74.8 Å². The molecule has 0 radical (unpaired) electrons. The molecule has 1 aromatic heterocycles. The van der Waals surface area contributed by atoms with Crippen LogP contribution in [0, 0.1) is 0 Å². The Morgan fingerprint density at radius 3 is 2.56 bits per heavy atom. The first-order chi connectivity index (χ1) is 12.1. The second-order valence-electron chi connectivity index (χ2n) is 6.15. The van der Waals surface area contributed by atoms with Gasteiger partial charge in [-0.05, 0) is 42.2 Å². The molecular formula is C19H23N3O2S. The Morgan fingerprint density at radius 2 is 1.76 bits per heavy atom. The number of sulfonamides is 1. The second-order valence-corrected chi connectivity index (χ2v) is 7.91. The number of imidazole rings is 1. The zero-order valence-electron chi connectivity index (χ0n) is 14.1. The number of aromatic nitrogens is 2. The highest BCUT2D eigenvalue weighted by Gasteiger charge is 2.13. The van der Waals surface area contributed by atoms with Crippen molar-refractivity contribution in [1.82, 2.24) is 14.7 Å². The van der Waals surface area contributed by atoms with Crippen LogP contribution in [0.15, 0.2) is 59.9 Å². The molecule has 1 heterocycles. The average molecular weight is 357 g/mol. The molecule has 0 amide bonds. The summed E-state index contributed by atoms with van der Waals surface area (Å²) >= 11 is 0. The van der Waals surface area contributed by atoms with Gasteiger partial charge in [0.2, 0.25) is 10.0 Å². The largest absolute Gasteiger partial charge is 0.348 e. The van der Waals surface area contributed by atoms with E-state index in [2.05, 4.69) is 14.7 Å². The molecule has 25 heavy (non-hydrogen) atoms. The molecule has 0 saturated heterocycles. The highest BCUT2D eigenvalue weighted by molar-refractivity contribution is 7.89. The van der Waals surface area contributed by atoms with Gasteiger partial charge in [-0.3, -0.25) is 0 Å². The van der Waals surface area contributed by atoms with Gasteiger partial charge in [0.15, 0.2) is 0 Å². The lowest BCUT2D eigenvalue weighted by Crippen LogP contribution is -2.24. The number of nitrogens with one attached hydrogen (secondary N) is 2. The van der Waals surface area contributed by atoms with E-state index in [-0.39, 0.29) is 0 Å². The number of benzene rings is 2. The minimum atomic E-state index is -3.44. The van der Waals surface area contributed by atoms with Crippen LogP contribution < -0.4 is 4.72 Å². The van der Waals surface area contributed by atoms with Crippen LogP contribution in [-0.4, -0.2) is 24.9 Å². The molecule has 0 bridgehead atoms. The average Bonchev–Trinajstić information content (AvgIpc) is 3.14. The summed E-state index contributed by atoms with van der Waals surface area (Å²) in [6.07, 6.45) is 8.54. The smallest absolute Gasteiger partial charge is 0.240 e. The number of hydrogen-bond donors (Lipinski definition) is 2. The summed E-state index contributed by atoms with van der Waals surface area (Å²) in [6.45, 7) is 0.471. The predicted molar refractivity (Wildman–Crippen MR) is 99.9 cm³/mol. The van der Waals surface area contributed by atoms with Gasteiger partial charge in [-0.15, -0.1) is 0 Å². The van der Waals surface area contributed by atoms with E-state index in [1.165, 1.54) is 0 Å². The van der Waals surface area contributed by atoms with Gasteiger partial charge in [-0.1, -0.05) is 43.2 Å². The van der Waals surface area contributed by atoms with Crippen molar-refractivity contribution < 1.29 is 8.42 Å². The number of aryl methyl sites for hydroxylation is 1. The third kappa shape index (κ3) is 4.90. The van der Waals surface area contributed by atoms with Gasteiger partial charge in [0, 0.05) is 18.4 Å². The third-order valence-electron chi connectivity index (χ3n) is 4.25. The molecule has 0 unspecified atom stereocenters. The van der Waals surface area contributed by atoms with E-state index in [0.29, 0.717) is 11.4 Å². The fourth-order valence-electron chi connectivity index (χ4n) is 2.84. The summed E-state index contributed by atoms with van der Waals surface area (Å²) in [5.41, 5.74) is 1.15. The standard InChI is InChI=1S/C19H23N3O2S/c23-25(24,19-11-10-16-7-4-5-8-17(16)13-19)22-12-6-2-1-3-9-18-14-20-15-21-18/h4-5,7-8,10-11,13-15,22H,1-3,6,9,12H2,(H,20,21). The Labute approximate surface area is 148 Å². The fourth-order valence-corrected chi connectivity index (χ4v) is 3.95. The highest BCUT2D eigenvalue weighted by Crippen LogP contribution is 2.18. The van der Waals surface area contributed by atoms with Gasteiger partial charge < -0.3 is 4.98 Å². The molecule has 2 aromatic carbocycles. The molecule has 0 fully saturated rings. The SMILES string of the molecule is O=S(=O)(NCCCCCCc1cnc[nH]1)c1ccc2ccccc2c1. The Morgan fingerprint density at radius 1 is 0.960 bits per heavy atom. The molecule has 132 valence electrons. The van der Waals surface area contributed by atoms with Crippen molar-refractivity contribution in [3.05, 3.63) is 60.7 Å². The Kier molecular flexibility index (Phi) is 5.83. The van der Waals surface area contributed by atoms with Crippen molar-refractivity contribution >= 4 is 20.8 Å². The van der Waals surface area contributed by atoms with E-state index >= 15 is 0 Å². The van der Waals surface area contributed by atoms with Crippen molar-refractivity contribution in [3.63, 3.8) is 0 Å². The first kappa shape index (κ1) is 17.6. The molecule has 0 atom stereocenters. The maximum atomic E-state index is 12.4. The summed E-state index contributed by atoms with van der Waals surface area (Å²) in [4.78, 5) is 7.40. The quantitative estimate of drug-likeness (QED) is 0.574. The summed E-state index contributed by atoms with van der Waals surface area (Å²) < 4.78 is 27.5. The predicted octanol–water partition coefficient (Wildman–Crippen LogP) is 3.64. The van der Waals surface area contributed by atoms with Gasteiger partial charge in [-0.2, -0.15) is 0 Å². The first-order valence-electron chi connectivity index (χ1n) is 8.61. The van der Waals surface area contributed by atoms with Crippen LogP contribution in [0.3, 0.4) is 0 Å². The zero-order valence-corrected chi connectivity index (χ0v) is 14.9. The summed E-state index contributed by atoms with van der Waals surface area (Å²) in [6, 6.07) is 13.0. The number of hydrogen-bond acceptors (Lipinski definition) is 3. The molecule has 0 spiro atoms. The van der Waals surface area contributed by atoms with E-state index < -0.39 is 10.0 Å². The van der Waals surface area contributed by atoms with Crippen molar-refractivity contribution in [1.29, 1.82) is 0 Å². The molecule has 0 saturated carbocycles. The van der Waals surface area contributed by atoms with Gasteiger partial charge in [-0.25, -0.2) is 18.1 Å². The summed E-state index contributed by atoms with van der Waals surface area (Å²) in [5.74, 6) is 0. The molecule has 3 rings (SSSR count). The third-order valence-corrected chi connectivity index (χ3v) is 5.71. The summed E-state index contributed by atoms with van der Waals surface area (Å²) in [7, 11) is -3.44. The molecule has 2 N–H and O–H groups in total. The molecule has 5 nitrogen and oxygen atoms in total. The van der Waals surface area contributed by atoms with Crippen LogP contribution in [0.5, 0.6) is 0 Å². The van der Waals surface area contributed by atoms with Gasteiger partial charge in [0.1, 0.15) is 0 Å². The molecule has 0 aliphatic heterocycles. The minimum absolute atomic E-state index is 0.324. The van der Waals surface area contributed by atoms with Crippen LogP contribution in [-0.2, 0) is 16.4 Å². The maximum absolute atomic E-state index is 12.4. The lowest BCUT2D eigenvalue weighted by Gasteiger charge is -2.08. The molecule has 3 aromatic rings.